The molecule has 2 amide bonds. The predicted octanol–water partition coefficient (Wildman–Crippen LogP) is 3.30. The minimum atomic E-state index is -0.273. The Morgan fingerprint density at radius 2 is 2.00 bits per heavy atom. The van der Waals surface area contributed by atoms with Crippen LogP contribution in [-0.2, 0) is 0 Å². The maximum atomic E-state index is 13.0. The van der Waals surface area contributed by atoms with E-state index in [1.165, 1.54) is 6.07 Å². The van der Waals surface area contributed by atoms with Crippen LogP contribution in [0.4, 0.5) is 14.9 Å². The third-order valence-electron chi connectivity index (χ3n) is 2.20. The summed E-state index contributed by atoms with van der Waals surface area (Å²) in [7, 11) is 0. The fourth-order valence-electron chi connectivity index (χ4n) is 1.24. The summed E-state index contributed by atoms with van der Waals surface area (Å²) in [4.78, 5) is 11.5. The summed E-state index contributed by atoms with van der Waals surface area (Å²) in [6, 6.07) is 4.21. The monoisotopic (exact) mass is 238 g/mol. The molecule has 0 atom stereocenters. The molecule has 0 saturated carbocycles. The number of carbonyl (C=O) groups excluding carboxylic acids is 1. The summed E-state index contributed by atoms with van der Waals surface area (Å²) < 4.78 is 13.0. The molecule has 1 rings (SSSR count). The van der Waals surface area contributed by atoms with Crippen LogP contribution < -0.4 is 10.6 Å². The topological polar surface area (TPSA) is 41.1 Å². The molecule has 1 aromatic carbocycles. The van der Waals surface area contributed by atoms with Crippen LogP contribution in [0.3, 0.4) is 0 Å². The van der Waals surface area contributed by atoms with E-state index in [9.17, 15) is 9.18 Å². The zero-order valence-electron chi connectivity index (χ0n) is 10.7. The summed E-state index contributed by atoms with van der Waals surface area (Å²) in [6.45, 7) is 8.35. The van der Waals surface area contributed by atoms with Gasteiger partial charge >= 0.3 is 6.03 Å². The fraction of sp³-hybridized carbons (Fsp3) is 0.462. The Bertz CT molecular complexity index is 410. The Hall–Kier alpha value is -1.58. The van der Waals surface area contributed by atoms with E-state index in [2.05, 4.69) is 10.6 Å². The predicted molar refractivity (Wildman–Crippen MR) is 67.6 cm³/mol. The molecule has 1 aromatic rings. The highest BCUT2D eigenvalue weighted by molar-refractivity contribution is 5.89. The number of halogens is 1. The van der Waals surface area contributed by atoms with E-state index in [0.717, 1.165) is 0 Å². The molecule has 0 aromatic heterocycles. The van der Waals surface area contributed by atoms with Crippen molar-refractivity contribution in [2.45, 2.75) is 27.7 Å². The SMILES string of the molecule is Cc1cc(NC(=O)NCC(C)(C)C)ccc1F. The minimum Gasteiger partial charge on any atom is -0.337 e. The van der Waals surface area contributed by atoms with Crippen molar-refractivity contribution in [2.24, 2.45) is 5.41 Å². The largest absolute Gasteiger partial charge is 0.337 e. The Morgan fingerprint density at radius 3 is 2.53 bits per heavy atom. The molecule has 94 valence electrons. The highest BCUT2D eigenvalue weighted by atomic mass is 19.1. The van der Waals surface area contributed by atoms with Crippen LogP contribution in [0.15, 0.2) is 18.2 Å². The molecule has 0 aliphatic heterocycles. The number of hydrogen-bond acceptors (Lipinski definition) is 1. The summed E-state index contributed by atoms with van der Waals surface area (Å²) in [5.74, 6) is -0.273. The van der Waals surface area contributed by atoms with Crippen LogP contribution in [0.2, 0.25) is 0 Å². The van der Waals surface area contributed by atoms with Crippen molar-refractivity contribution in [2.75, 3.05) is 11.9 Å². The first kappa shape index (κ1) is 13.5. The molecule has 0 radical (unpaired) electrons. The lowest BCUT2D eigenvalue weighted by Gasteiger charge is -2.19. The van der Waals surface area contributed by atoms with Gasteiger partial charge in [0.15, 0.2) is 0 Å². The number of aryl methyl sites for hydroxylation is 1. The van der Waals surface area contributed by atoms with Crippen LogP contribution in [0.25, 0.3) is 0 Å². The van der Waals surface area contributed by atoms with Gasteiger partial charge in [-0.2, -0.15) is 0 Å². The maximum Gasteiger partial charge on any atom is 0.319 e. The third-order valence-corrected chi connectivity index (χ3v) is 2.20. The van der Waals surface area contributed by atoms with Crippen molar-refractivity contribution in [3.63, 3.8) is 0 Å². The molecule has 2 N–H and O–H groups in total. The lowest BCUT2D eigenvalue weighted by atomic mass is 9.97. The number of nitrogens with one attached hydrogen (secondary N) is 2. The Kier molecular flexibility index (Phi) is 4.10. The van der Waals surface area contributed by atoms with E-state index in [-0.39, 0.29) is 17.3 Å². The van der Waals surface area contributed by atoms with Gasteiger partial charge in [0.25, 0.3) is 0 Å². The molecule has 0 unspecified atom stereocenters. The molecule has 0 spiro atoms. The Balaban J connectivity index is 2.54. The number of carbonyl (C=O) groups is 1. The van der Waals surface area contributed by atoms with Crippen LogP contribution in [-0.4, -0.2) is 12.6 Å². The minimum absolute atomic E-state index is 0.0378. The Morgan fingerprint density at radius 1 is 1.35 bits per heavy atom. The van der Waals surface area contributed by atoms with Gasteiger partial charge in [0.2, 0.25) is 0 Å². The van der Waals surface area contributed by atoms with E-state index in [0.29, 0.717) is 17.8 Å². The number of urea groups is 1. The first-order valence-electron chi connectivity index (χ1n) is 5.59. The van der Waals surface area contributed by atoms with E-state index in [1.807, 2.05) is 20.8 Å². The first-order chi connectivity index (χ1) is 7.78. The van der Waals surface area contributed by atoms with Crippen LogP contribution in [0.5, 0.6) is 0 Å². The molecule has 3 nitrogen and oxygen atoms in total. The zero-order chi connectivity index (χ0) is 13.1. The molecular formula is C13H19FN2O. The van der Waals surface area contributed by atoms with Gasteiger partial charge in [0, 0.05) is 12.2 Å². The number of rotatable bonds is 2. The van der Waals surface area contributed by atoms with Crippen LogP contribution in [0, 0.1) is 18.2 Å². The fourth-order valence-corrected chi connectivity index (χ4v) is 1.24. The molecule has 17 heavy (non-hydrogen) atoms. The quantitative estimate of drug-likeness (QED) is 0.815. The van der Waals surface area contributed by atoms with Gasteiger partial charge in [-0.05, 0) is 36.1 Å². The molecule has 0 heterocycles. The van der Waals surface area contributed by atoms with Gasteiger partial charge in [-0.3, -0.25) is 0 Å². The van der Waals surface area contributed by atoms with Gasteiger partial charge in [0.1, 0.15) is 5.82 Å². The summed E-state index contributed by atoms with van der Waals surface area (Å²) in [5.41, 5.74) is 1.14. The lowest BCUT2D eigenvalue weighted by molar-refractivity contribution is 0.247. The van der Waals surface area contributed by atoms with Crippen LogP contribution in [0.1, 0.15) is 26.3 Å². The second-order valence-electron chi connectivity index (χ2n) is 5.33. The Labute approximate surface area is 101 Å². The van der Waals surface area contributed by atoms with Crippen molar-refractivity contribution >= 4 is 11.7 Å². The summed E-state index contributed by atoms with van der Waals surface area (Å²) in [6.07, 6.45) is 0. The van der Waals surface area contributed by atoms with Gasteiger partial charge in [-0.25, -0.2) is 9.18 Å². The number of hydrogen-bond donors (Lipinski definition) is 2. The smallest absolute Gasteiger partial charge is 0.319 e. The van der Waals surface area contributed by atoms with Gasteiger partial charge in [-0.15, -0.1) is 0 Å². The lowest BCUT2D eigenvalue weighted by Crippen LogP contribution is -2.35. The van der Waals surface area contributed by atoms with Crippen molar-refractivity contribution in [1.29, 1.82) is 0 Å². The standard InChI is InChI=1S/C13H19FN2O/c1-9-7-10(5-6-11(9)14)16-12(17)15-8-13(2,3)4/h5-7H,8H2,1-4H3,(H2,15,16,17). The second-order valence-corrected chi connectivity index (χ2v) is 5.33. The van der Waals surface area contributed by atoms with E-state index in [1.54, 1.807) is 19.1 Å². The number of anilines is 1. The third kappa shape index (κ3) is 4.85. The molecule has 4 heteroatoms. The zero-order valence-corrected chi connectivity index (χ0v) is 10.7. The van der Waals surface area contributed by atoms with E-state index < -0.39 is 0 Å². The normalized spacial score (nSPS) is 11.1. The van der Waals surface area contributed by atoms with Gasteiger partial charge in [0.05, 0.1) is 0 Å². The van der Waals surface area contributed by atoms with Gasteiger partial charge in [-0.1, -0.05) is 20.8 Å². The van der Waals surface area contributed by atoms with Crippen molar-refractivity contribution in [3.05, 3.63) is 29.6 Å². The van der Waals surface area contributed by atoms with E-state index >= 15 is 0 Å². The molecule has 0 saturated heterocycles. The summed E-state index contributed by atoms with van der Waals surface area (Å²) >= 11 is 0. The van der Waals surface area contributed by atoms with Crippen molar-refractivity contribution in [3.8, 4) is 0 Å². The highest BCUT2D eigenvalue weighted by Crippen LogP contribution is 2.14. The van der Waals surface area contributed by atoms with Crippen molar-refractivity contribution < 1.29 is 9.18 Å². The molecule has 0 bridgehead atoms. The summed E-state index contributed by atoms with van der Waals surface area (Å²) in [5, 5.41) is 5.43. The molecule has 0 fully saturated rings. The van der Waals surface area contributed by atoms with Gasteiger partial charge < -0.3 is 10.6 Å². The average molecular weight is 238 g/mol. The van der Waals surface area contributed by atoms with E-state index in [4.69, 9.17) is 0 Å². The molecular weight excluding hydrogens is 219 g/mol. The molecule has 0 aliphatic carbocycles. The average Bonchev–Trinajstić information content (AvgIpc) is 2.20. The first-order valence-corrected chi connectivity index (χ1v) is 5.59. The maximum absolute atomic E-state index is 13.0. The number of benzene rings is 1. The van der Waals surface area contributed by atoms with Crippen LogP contribution >= 0.6 is 0 Å². The second kappa shape index (κ2) is 5.17. The number of amides is 2. The molecule has 0 aliphatic rings. The van der Waals surface area contributed by atoms with Crippen molar-refractivity contribution in [1.82, 2.24) is 5.32 Å². The highest BCUT2D eigenvalue weighted by Gasteiger charge is 2.11.